The normalized spacial score (nSPS) is 13.3. The zero-order chi connectivity index (χ0) is 32.6. The SMILES string of the molecule is c1ccc(-c2nc(-c3ccccc3)nc(-c3ccc(-c4ccc5c(c4)SC(c4ccccc4)(c4ccccc4)S5)c4ccccc34)n2)cc1. The van der Waals surface area contributed by atoms with Crippen LogP contribution >= 0.6 is 23.5 Å². The van der Waals surface area contributed by atoms with Gasteiger partial charge < -0.3 is 0 Å². The summed E-state index contributed by atoms with van der Waals surface area (Å²) in [4.78, 5) is 17.6. The predicted octanol–water partition coefficient (Wildman–Crippen LogP) is 11.8. The third-order valence-electron chi connectivity index (χ3n) is 8.93. The molecule has 0 fully saturated rings. The number of thioether (sulfide) groups is 2. The molecule has 5 heteroatoms. The lowest BCUT2D eigenvalue weighted by Gasteiger charge is -2.28. The molecule has 1 aliphatic heterocycles. The monoisotopic (exact) mass is 663 g/mol. The molecule has 0 aliphatic carbocycles. The molecule has 3 nitrogen and oxygen atoms in total. The zero-order valence-corrected chi connectivity index (χ0v) is 28.0. The van der Waals surface area contributed by atoms with E-state index in [1.165, 1.54) is 32.0 Å². The molecule has 9 rings (SSSR count). The minimum Gasteiger partial charge on any atom is -0.208 e. The standard InChI is InChI=1S/C44H29N3S2/c1-5-15-30(16-6-1)41-45-42(31-17-7-2-8-18-31)47-43(46-41)38-27-26-35(36-23-13-14-24-37(36)38)32-25-28-39-40(29-32)49-44(48-39,33-19-9-3-10-20-33)34-21-11-4-12-22-34/h1-29H. The first kappa shape index (κ1) is 29.6. The highest BCUT2D eigenvalue weighted by Gasteiger charge is 2.42. The van der Waals surface area contributed by atoms with Gasteiger partial charge in [0.15, 0.2) is 17.5 Å². The molecule has 0 saturated carbocycles. The van der Waals surface area contributed by atoms with Gasteiger partial charge >= 0.3 is 0 Å². The van der Waals surface area contributed by atoms with E-state index in [0.29, 0.717) is 17.5 Å². The maximum absolute atomic E-state index is 5.04. The van der Waals surface area contributed by atoms with Gasteiger partial charge in [-0.15, -0.1) is 0 Å². The Hall–Kier alpha value is -5.49. The van der Waals surface area contributed by atoms with Crippen molar-refractivity contribution in [3.63, 3.8) is 0 Å². The van der Waals surface area contributed by atoms with Crippen molar-refractivity contribution < 1.29 is 0 Å². The molecule has 0 amide bonds. The number of benzene rings is 7. The van der Waals surface area contributed by atoms with Gasteiger partial charge in [0, 0.05) is 26.5 Å². The lowest BCUT2D eigenvalue weighted by atomic mass is 9.94. The number of rotatable bonds is 6. The topological polar surface area (TPSA) is 38.7 Å². The Morgan fingerprint density at radius 1 is 0.347 bits per heavy atom. The summed E-state index contributed by atoms with van der Waals surface area (Å²) in [6.45, 7) is 0. The molecule has 2 heterocycles. The highest BCUT2D eigenvalue weighted by atomic mass is 32.2. The Labute approximate surface area is 294 Å². The molecule has 232 valence electrons. The van der Waals surface area contributed by atoms with E-state index in [2.05, 4.69) is 115 Å². The third kappa shape index (κ3) is 5.41. The third-order valence-corrected chi connectivity index (χ3v) is 12.2. The molecule has 0 radical (unpaired) electrons. The van der Waals surface area contributed by atoms with Crippen LogP contribution < -0.4 is 0 Å². The molecule has 1 aromatic heterocycles. The number of hydrogen-bond acceptors (Lipinski definition) is 5. The summed E-state index contributed by atoms with van der Waals surface area (Å²) >= 11 is 3.88. The fourth-order valence-electron chi connectivity index (χ4n) is 6.56. The van der Waals surface area contributed by atoms with Crippen LogP contribution in [0.2, 0.25) is 0 Å². The maximum atomic E-state index is 5.04. The van der Waals surface area contributed by atoms with Crippen LogP contribution in [0.4, 0.5) is 0 Å². The summed E-state index contributed by atoms with van der Waals surface area (Å²) in [5.74, 6) is 1.98. The van der Waals surface area contributed by atoms with Gasteiger partial charge in [0.1, 0.15) is 4.08 Å². The highest BCUT2D eigenvalue weighted by molar-refractivity contribution is 8.20. The fraction of sp³-hybridized carbons (Fsp3) is 0.0227. The van der Waals surface area contributed by atoms with Gasteiger partial charge in [-0.25, -0.2) is 15.0 Å². The zero-order valence-electron chi connectivity index (χ0n) is 26.4. The van der Waals surface area contributed by atoms with Gasteiger partial charge in [0.25, 0.3) is 0 Å². The van der Waals surface area contributed by atoms with Gasteiger partial charge in [0.05, 0.1) is 0 Å². The Balaban J connectivity index is 1.16. The highest BCUT2D eigenvalue weighted by Crippen LogP contribution is 2.64. The van der Waals surface area contributed by atoms with E-state index in [1.54, 1.807) is 0 Å². The van der Waals surface area contributed by atoms with Crippen molar-refractivity contribution in [2.24, 2.45) is 0 Å². The first-order valence-corrected chi connectivity index (χ1v) is 17.9. The van der Waals surface area contributed by atoms with E-state index >= 15 is 0 Å². The van der Waals surface area contributed by atoms with Crippen molar-refractivity contribution in [3.05, 3.63) is 187 Å². The smallest absolute Gasteiger partial charge is 0.164 e. The van der Waals surface area contributed by atoms with Crippen LogP contribution in [0.25, 0.3) is 56.1 Å². The first-order valence-electron chi connectivity index (χ1n) is 16.3. The Morgan fingerprint density at radius 3 is 1.37 bits per heavy atom. The molecule has 8 aromatic rings. The Morgan fingerprint density at radius 2 is 0.796 bits per heavy atom. The van der Waals surface area contributed by atoms with Gasteiger partial charge in [-0.3, -0.25) is 0 Å². The van der Waals surface area contributed by atoms with Crippen molar-refractivity contribution in [2.75, 3.05) is 0 Å². The summed E-state index contributed by atoms with van der Waals surface area (Å²) in [7, 11) is 0. The second-order valence-electron chi connectivity index (χ2n) is 12.0. The van der Waals surface area contributed by atoms with Gasteiger partial charge in [-0.05, 0) is 51.2 Å². The minimum atomic E-state index is -0.249. The lowest BCUT2D eigenvalue weighted by molar-refractivity contribution is 1.08. The van der Waals surface area contributed by atoms with Crippen molar-refractivity contribution in [1.29, 1.82) is 0 Å². The molecular weight excluding hydrogens is 635 g/mol. The molecule has 0 spiro atoms. The predicted molar refractivity (Wildman–Crippen MR) is 204 cm³/mol. The van der Waals surface area contributed by atoms with Crippen LogP contribution in [0, 0.1) is 0 Å². The van der Waals surface area contributed by atoms with Gasteiger partial charge in [0.2, 0.25) is 0 Å². The van der Waals surface area contributed by atoms with E-state index < -0.39 is 0 Å². The van der Waals surface area contributed by atoms with Gasteiger partial charge in [-0.1, -0.05) is 181 Å². The second kappa shape index (κ2) is 12.5. The molecule has 1 aliphatic rings. The van der Waals surface area contributed by atoms with Crippen LogP contribution in [-0.2, 0) is 4.08 Å². The van der Waals surface area contributed by atoms with Crippen molar-refractivity contribution in [1.82, 2.24) is 15.0 Å². The number of aromatic nitrogens is 3. The van der Waals surface area contributed by atoms with Crippen LogP contribution in [0.15, 0.2) is 186 Å². The summed E-state index contributed by atoms with van der Waals surface area (Å²) in [6.07, 6.45) is 0. The second-order valence-corrected chi connectivity index (χ2v) is 14.7. The number of nitrogens with zero attached hydrogens (tertiary/aromatic N) is 3. The molecule has 0 bridgehead atoms. The van der Waals surface area contributed by atoms with Crippen LogP contribution in [-0.4, -0.2) is 15.0 Å². The quantitative estimate of drug-likeness (QED) is 0.177. The molecule has 49 heavy (non-hydrogen) atoms. The van der Waals surface area contributed by atoms with Crippen molar-refractivity contribution in [3.8, 4) is 45.3 Å². The average molecular weight is 664 g/mol. The van der Waals surface area contributed by atoms with Crippen molar-refractivity contribution >= 4 is 34.3 Å². The summed E-state index contributed by atoms with van der Waals surface area (Å²) in [5.41, 5.74) is 7.87. The van der Waals surface area contributed by atoms with Crippen molar-refractivity contribution in [2.45, 2.75) is 13.9 Å². The van der Waals surface area contributed by atoms with E-state index in [9.17, 15) is 0 Å². The van der Waals surface area contributed by atoms with Crippen LogP contribution in [0.5, 0.6) is 0 Å². The van der Waals surface area contributed by atoms with E-state index in [4.69, 9.17) is 15.0 Å². The molecule has 0 N–H and O–H groups in total. The van der Waals surface area contributed by atoms with E-state index in [1.807, 2.05) is 84.2 Å². The van der Waals surface area contributed by atoms with Gasteiger partial charge in [-0.2, -0.15) is 0 Å². The number of hydrogen-bond donors (Lipinski definition) is 0. The Kier molecular flexibility index (Phi) is 7.57. The maximum Gasteiger partial charge on any atom is 0.164 e. The average Bonchev–Trinajstić information content (AvgIpc) is 3.59. The lowest BCUT2D eigenvalue weighted by Crippen LogP contribution is -2.16. The number of fused-ring (bicyclic) bond motifs is 2. The molecular formula is C44H29N3S2. The summed E-state index contributed by atoms with van der Waals surface area (Å²) < 4.78 is -0.249. The minimum absolute atomic E-state index is 0.249. The Bertz CT molecular complexity index is 2340. The summed E-state index contributed by atoms with van der Waals surface area (Å²) in [5, 5.41) is 2.27. The van der Waals surface area contributed by atoms with E-state index in [0.717, 1.165) is 27.5 Å². The van der Waals surface area contributed by atoms with E-state index in [-0.39, 0.29) is 4.08 Å². The first-order chi connectivity index (χ1) is 24.2. The van der Waals surface area contributed by atoms with Crippen LogP contribution in [0.1, 0.15) is 11.1 Å². The molecule has 0 unspecified atom stereocenters. The molecule has 7 aromatic carbocycles. The summed E-state index contributed by atoms with van der Waals surface area (Å²) in [6, 6.07) is 61.9. The molecule has 0 atom stereocenters. The molecule has 0 saturated heterocycles. The fourth-order valence-corrected chi connectivity index (χ4v) is 9.80. The largest absolute Gasteiger partial charge is 0.208 e. The van der Waals surface area contributed by atoms with Crippen LogP contribution in [0.3, 0.4) is 0 Å².